The zero-order valence-corrected chi connectivity index (χ0v) is 12.9. The molecule has 1 aliphatic carbocycles. The lowest BCUT2D eigenvalue weighted by atomic mass is 9.81. The van der Waals surface area contributed by atoms with Crippen LogP contribution in [0.5, 0.6) is 0 Å². The van der Waals surface area contributed by atoms with E-state index in [1.54, 1.807) is 17.3 Å². The highest BCUT2D eigenvalue weighted by Gasteiger charge is 2.50. The largest absolute Gasteiger partial charge is 0.393 e. The minimum atomic E-state index is -0.317. The van der Waals surface area contributed by atoms with Gasteiger partial charge in [-0.2, -0.15) is 0 Å². The van der Waals surface area contributed by atoms with E-state index >= 15 is 0 Å². The second-order valence-corrected chi connectivity index (χ2v) is 7.09. The van der Waals surface area contributed by atoms with Gasteiger partial charge in [0, 0.05) is 37.4 Å². The van der Waals surface area contributed by atoms with Crippen molar-refractivity contribution in [3.63, 3.8) is 0 Å². The van der Waals surface area contributed by atoms with Gasteiger partial charge in [0.15, 0.2) is 0 Å². The van der Waals surface area contributed by atoms with Crippen LogP contribution in [0.15, 0.2) is 18.7 Å². The summed E-state index contributed by atoms with van der Waals surface area (Å²) in [5.41, 5.74) is 0.576. The number of hydrogen-bond donors (Lipinski definition) is 1. The van der Waals surface area contributed by atoms with Crippen LogP contribution in [0.3, 0.4) is 0 Å². The molecule has 3 aliphatic rings. The standard InChI is InChI=1S/C16H20N4O3/c21-13-3-11(4-13)15(23)19-2-1-16(8-19)5-14(22)20(9-16)12-6-17-10-18-7-12/h6-7,10-11,13,21H,1-5,8-9H2/t11?,13?,16-/m0/s1. The Morgan fingerprint density at radius 1 is 1.26 bits per heavy atom. The van der Waals surface area contributed by atoms with Crippen molar-refractivity contribution in [2.75, 3.05) is 24.5 Å². The van der Waals surface area contributed by atoms with E-state index in [1.807, 2.05) is 4.90 Å². The molecule has 1 aromatic heterocycles. The van der Waals surface area contributed by atoms with Crippen molar-refractivity contribution >= 4 is 17.5 Å². The average molecular weight is 316 g/mol. The van der Waals surface area contributed by atoms with Crippen molar-refractivity contribution in [3.05, 3.63) is 18.7 Å². The Kier molecular flexibility index (Phi) is 3.33. The minimum Gasteiger partial charge on any atom is -0.393 e. The molecule has 2 saturated heterocycles. The molecule has 0 aromatic carbocycles. The Bertz CT molecular complexity index is 631. The molecule has 3 heterocycles. The van der Waals surface area contributed by atoms with Gasteiger partial charge in [0.1, 0.15) is 6.33 Å². The van der Waals surface area contributed by atoms with Crippen LogP contribution in [0, 0.1) is 11.3 Å². The number of nitrogens with zero attached hydrogens (tertiary/aromatic N) is 4. The molecule has 1 aromatic rings. The third kappa shape index (κ3) is 2.49. The fourth-order valence-corrected chi connectivity index (χ4v) is 4.01. The fraction of sp³-hybridized carbons (Fsp3) is 0.625. The van der Waals surface area contributed by atoms with E-state index in [9.17, 15) is 14.7 Å². The van der Waals surface area contributed by atoms with Crippen molar-refractivity contribution in [2.45, 2.75) is 31.8 Å². The highest BCUT2D eigenvalue weighted by atomic mass is 16.3. The Balaban J connectivity index is 1.44. The summed E-state index contributed by atoms with van der Waals surface area (Å²) in [5.74, 6) is 0.185. The topological polar surface area (TPSA) is 86.6 Å². The summed E-state index contributed by atoms with van der Waals surface area (Å²) in [5, 5.41) is 9.38. The first-order valence-corrected chi connectivity index (χ1v) is 8.09. The van der Waals surface area contributed by atoms with Crippen LogP contribution < -0.4 is 4.90 Å². The molecule has 0 unspecified atom stereocenters. The fourth-order valence-electron chi connectivity index (χ4n) is 4.01. The number of aliphatic hydroxyl groups is 1. The van der Waals surface area contributed by atoms with Gasteiger partial charge in [-0.3, -0.25) is 9.59 Å². The number of carbonyl (C=O) groups is 2. The first-order valence-electron chi connectivity index (χ1n) is 8.09. The minimum absolute atomic E-state index is 0.0316. The quantitative estimate of drug-likeness (QED) is 0.842. The molecule has 0 bridgehead atoms. The maximum atomic E-state index is 12.4. The van der Waals surface area contributed by atoms with Crippen molar-refractivity contribution in [1.82, 2.24) is 14.9 Å². The maximum absolute atomic E-state index is 12.4. The lowest BCUT2D eigenvalue weighted by molar-refractivity contribution is -0.141. The van der Waals surface area contributed by atoms with Crippen LogP contribution in [0.4, 0.5) is 5.69 Å². The van der Waals surface area contributed by atoms with Crippen LogP contribution in [-0.2, 0) is 9.59 Å². The first kappa shape index (κ1) is 14.6. The molecular formula is C16H20N4O3. The Morgan fingerprint density at radius 2 is 2.00 bits per heavy atom. The van der Waals surface area contributed by atoms with Crippen LogP contribution in [0.2, 0.25) is 0 Å². The van der Waals surface area contributed by atoms with Crippen molar-refractivity contribution < 1.29 is 14.7 Å². The molecule has 2 aliphatic heterocycles. The van der Waals surface area contributed by atoms with Crippen LogP contribution in [0.25, 0.3) is 0 Å². The van der Waals surface area contributed by atoms with Gasteiger partial charge in [0.2, 0.25) is 11.8 Å². The van der Waals surface area contributed by atoms with E-state index in [-0.39, 0.29) is 29.3 Å². The van der Waals surface area contributed by atoms with E-state index in [4.69, 9.17) is 0 Å². The van der Waals surface area contributed by atoms with Crippen molar-refractivity contribution in [1.29, 1.82) is 0 Å². The molecule has 23 heavy (non-hydrogen) atoms. The van der Waals surface area contributed by atoms with E-state index in [0.29, 0.717) is 38.9 Å². The molecular weight excluding hydrogens is 296 g/mol. The van der Waals surface area contributed by atoms with Crippen molar-refractivity contribution in [2.24, 2.45) is 11.3 Å². The van der Waals surface area contributed by atoms with Crippen LogP contribution in [-0.4, -0.2) is 57.5 Å². The second kappa shape index (κ2) is 5.26. The molecule has 3 fully saturated rings. The molecule has 122 valence electrons. The van der Waals surface area contributed by atoms with Gasteiger partial charge in [0.05, 0.1) is 24.2 Å². The molecule has 1 atom stereocenters. The lowest BCUT2D eigenvalue weighted by Crippen LogP contribution is -2.43. The molecule has 1 saturated carbocycles. The maximum Gasteiger partial charge on any atom is 0.227 e. The van der Waals surface area contributed by atoms with Crippen molar-refractivity contribution in [3.8, 4) is 0 Å². The van der Waals surface area contributed by atoms with E-state index in [0.717, 1.165) is 12.1 Å². The predicted octanol–water partition coefficient (Wildman–Crippen LogP) is 0.203. The zero-order valence-electron chi connectivity index (χ0n) is 12.9. The third-order valence-corrected chi connectivity index (χ3v) is 5.39. The first-order chi connectivity index (χ1) is 11.1. The molecule has 1 spiro atoms. The summed E-state index contributed by atoms with van der Waals surface area (Å²) in [6.07, 6.45) is 6.91. The van der Waals surface area contributed by atoms with E-state index in [1.165, 1.54) is 6.33 Å². The number of amides is 2. The predicted molar refractivity (Wildman–Crippen MR) is 81.4 cm³/mol. The Morgan fingerprint density at radius 3 is 2.70 bits per heavy atom. The van der Waals surface area contributed by atoms with E-state index < -0.39 is 0 Å². The normalized spacial score (nSPS) is 33.3. The van der Waals surface area contributed by atoms with Crippen LogP contribution in [0.1, 0.15) is 25.7 Å². The van der Waals surface area contributed by atoms with Gasteiger partial charge in [-0.25, -0.2) is 9.97 Å². The van der Waals surface area contributed by atoms with Gasteiger partial charge < -0.3 is 14.9 Å². The summed E-state index contributed by atoms with van der Waals surface area (Å²) in [7, 11) is 0. The molecule has 0 radical (unpaired) electrons. The van der Waals surface area contributed by atoms with Gasteiger partial charge in [-0.05, 0) is 19.3 Å². The number of anilines is 1. The van der Waals surface area contributed by atoms with E-state index in [2.05, 4.69) is 9.97 Å². The number of likely N-dealkylation sites (tertiary alicyclic amines) is 1. The second-order valence-electron chi connectivity index (χ2n) is 7.09. The monoisotopic (exact) mass is 316 g/mol. The highest BCUT2D eigenvalue weighted by Crippen LogP contribution is 2.42. The summed E-state index contributed by atoms with van der Waals surface area (Å²) >= 11 is 0. The zero-order chi connectivity index (χ0) is 16.0. The summed E-state index contributed by atoms with van der Waals surface area (Å²) < 4.78 is 0. The van der Waals surface area contributed by atoms with Gasteiger partial charge in [-0.15, -0.1) is 0 Å². The SMILES string of the molecule is O=C(C1CC(O)C1)N1CC[C@]2(CC(=O)N(c3cncnc3)C2)C1. The van der Waals surface area contributed by atoms with Gasteiger partial charge in [0.25, 0.3) is 0 Å². The number of aromatic nitrogens is 2. The highest BCUT2D eigenvalue weighted by molar-refractivity contribution is 5.96. The average Bonchev–Trinajstić information content (AvgIpc) is 3.08. The number of aliphatic hydroxyl groups excluding tert-OH is 1. The summed E-state index contributed by atoms with van der Waals surface area (Å²) in [6, 6.07) is 0. The summed E-state index contributed by atoms with van der Waals surface area (Å²) in [4.78, 5) is 36.4. The molecule has 7 heteroatoms. The molecule has 4 rings (SSSR count). The molecule has 1 N–H and O–H groups in total. The lowest BCUT2D eigenvalue weighted by Gasteiger charge is -2.34. The molecule has 2 amide bonds. The Hall–Kier alpha value is -2.02. The van der Waals surface area contributed by atoms with Gasteiger partial charge >= 0.3 is 0 Å². The van der Waals surface area contributed by atoms with Crippen LogP contribution >= 0.6 is 0 Å². The third-order valence-electron chi connectivity index (χ3n) is 5.39. The number of hydrogen-bond acceptors (Lipinski definition) is 5. The smallest absolute Gasteiger partial charge is 0.227 e. The van der Waals surface area contributed by atoms with Gasteiger partial charge in [-0.1, -0.05) is 0 Å². The number of carbonyl (C=O) groups excluding carboxylic acids is 2. The summed E-state index contributed by atoms with van der Waals surface area (Å²) in [6.45, 7) is 1.96. The Labute approximate surface area is 134 Å². The molecule has 7 nitrogen and oxygen atoms in total. The number of rotatable bonds is 2.